The summed E-state index contributed by atoms with van der Waals surface area (Å²) >= 11 is 0. The Balaban J connectivity index is 2.05. The molecule has 0 unspecified atom stereocenters. The monoisotopic (exact) mass is 459 g/mol. The van der Waals surface area contributed by atoms with Crippen LogP contribution in [0.2, 0.25) is 0 Å². The molecule has 0 aromatic heterocycles. The van der Waals surface area contributed by atoms with Gasteiger partial charge in [0.25, 0.3) is 0 Å². The van der Waals surface area contributed by atoms with Gasteiger partial charge in [0.1, 0.15) is 5.41 Å². The number of carbonyl (C=O) groups excluding carboxylic acids is 2. The van der Waals surface area contributed by atoms with Crippen molar-refractivity contribution in [2.75, 3.05) is 26.8 Å². The highest BCUT2D eigenvalue weighted by Crippen LogP contribution is 2.55. The molecule has 1 aliphatic heterocycles. The molecule has 0 radical (unpaired) electrons. The fourth-order valence-electron chi connectivity index (χ4n) is 3.40. The Hall–Kier alpha value is -1.73. The number of amides is 1. The molecule has 5 nitrogen and oxygen atoms in total. The fraction of sp³-hybridized carbons (Fsp3) is 0.875. The van der Waals surface area contributed by atoms with E-state index in [2.05, 4.69) is 9.47 Å². The highest BCUT2D eigenvalue weighted by Gasteiger charge is 2.85. The summed E-state index contributed by atoms with van der Waals surface area (Å²) in [4.78, 5) is 25.4. The lowest BCUT2D eigenvalue weighted by molar-refractivity contribution is -0.458. The molecule has 0 bridgehead atoms. The van der Waals surface area contributed by atoms with Gasteiger partial charge in [0, 0.05) is 13.1 Å². The summed E-state index contributed by atoms with van der Waals surface area (Å²) < 4.78 is 124. The first kappa shape index (κ1) is 24.5. The molecule has 0 aromatic carbocycles. The van der Waals surface area contributed by atoms with E-state index < -0.39 is 53.9 Å². The average molecular weight is 459 g/mol. The Morgan fingerprint density at radius 1 is 0.900 bits per heavy atom. The standard InChI is InChI=1S/C16H18F9NO4/c1-29-11(28)12(4-5-12)10(27)26-6-2-9(3-7-26)8-30-13(14(17,18)19,15(20,21)22)16(23,24)25/h9H,2-8H2,1H3. The van der Waals surface area contributed by atoms with Crippen LogP contribution in [0.4, 0.5) is 39.5 Å². The number of carbonyl (C=O) groups is 2. The Labute approximate surface area is 164 Å². The van der Waals surface area contributed by atoms with Crippen LogP contribution in [0.1, 0.15) is 25.7 Å². The molecule has 0 spiro atoms. The number of methoxy groups -OCH3 is 1. The van der Waals surface area contributed by atoms with E-state index in [1.54, 1.807) is 0 Å². The maximum absolute atomic E-state index is 12.9. The van der Waals surface area contributed by atoms with Crippen LogP contribution in [0.3, 0.4) is 0 Å². The number of hydrogen-bond acceptors (Lipinski definition) is 4. The quantitative estimate of drug-likeness (QED) is 0.358. The number of piperidine rings is 1. The fourth-order valence-corrected chi connectivity index (χ4v) is 3.40. The second-order valence-electron chi connectivity index (χ2n) is 7.29. The highest BCUT2D eigenvalue weighted by molar-refractivity contribution is 6.05. The van der Waals surface area contributed by atoms with E-state index in [-0.39, 0.29) is 38.8 Å². The third-order valence-electron chi connectivity index (χ3n) is 5.37. The van der Waals surface area contributed by atoms with E-state index in [1.807, 2.05) is 0 Å². The molecule has 1 saturated heterocycles. The van der Waals surface area contributed by atoms with Gasteiger partial charge in [-0.3, -0.25) is 9.59 Å². The number of nitrogens with zero attached hydrogens (tertiary/aromatic N) is 1. The first-order valence-corrected chi connectivity index (χ1v) is 8.75. The number of alkyl halides is 9. The van der Waals surface area contributed by atoms with Crippen LogP contribution in [-0.2, 0) is 19.1 Å². The number of likely N-dealkylation sites (tertiary alicyclic amines) is 1. The molecule has 30 heavy (non-hydrogen) atoms. The van der Waals surface area contributed by atoms with E-state index in [0.717, 1.165) is 7.11 Å². The van der Waals surface area contributed by atoms with Crippen molar-refractivity contribution in [2.24, 2.45) is 11.3 Å². The van der Waals surface area contributed by atoms with E-state index in [0.29, 0.717) is 0 Å². The zero-order valence-corrected chi connectivity index (χ0v) is 15.5. The second-order valence-corrected chi connectivity index (χ2v) is 7.29. The topological polar surface area (TPSA) is 55.8 Å². The van der Waals surface area contributed by atoms with Crippen molar-refractivity contribution in [1.82, 2.24) is 4.90 Å². The molecule has 0 N–H and O–H groups in total. The van der Waals surface area contributed by atoms with E-state index in [9.17, 15) is 49.1 Å². The molecule has 2 fully saturated rings. The van der Waals surface area contributed by atoms with Crippen molar-refractivity contribution in [3.05, 3.63) is 0 Å². The molecular weight excluding hydrogens is 441 g/mol. The van der Waals surface area contributed by atoms with Crippen LogP contribution in [0, 0.1) is 11.3 Å². The maximum Gasteiger partial charge on any atom is 0.435 e. The second kappa shape index (κ2) is 7.75. The van der Waals surface area contributed by atoms with Crippen LogP contribution in [0.5, 0.6) is 0 Å². The number of halogens is 9. The minimum Gasteiger partial charge on any atom is -0.468 e. The molecule has 1 aliphatic carbocycles. The average Bonchev–Trinajstić information content (AvgIpc) is 3.39. The van der Waals surface area contributed by atoms with Gasteiger partial charge in [-0.1, -0.05) is 0 Å². The highest BCUT2D eigenvalue weighted by atomic mass is 19.4. The van der Waals surface area contributed by atoms with Gasteiger partial charge in [-0.2, -0.15) is 39.5 Å². The van der Waals surface area contributed by atoms with Crippen LogP contribution in [0.25, 0.3) is 0 Å². The molecule has 1 heterocycles. The van der Waals surface area contributed by atoms with Crippen LogP contribution in [0.15, 0.2) is 0 Å². The van der Waals surface area contributed by atoms with Gasteiger partial charge in [-0.15, -0.1) is 0 Å². The molecule has 14 heteroatoms. The van der Waals surface area contributed by atoms with Crippen molar-refractivity contribution in [3.8, 4) is 0 Å². The minimum atomic E-state index is -6.78. The smallest absolute Gasteiger partial charge is 0.435 e. The van der Waals surface area contributed by atoms with E-state index >= 15 is 0 Å². The van der Waals surface area contributed by atoms with Crippen LogP contribution in [-0.4, -0.2) is 67.7 Å². The van der Waals surface area contributed by atoms with Crippen molar-refractivity contribution >= 4 is 11.9 Å². The minimum absolute atomic E-state index is 0.150. The van der Waals surface area contributed by atoms with Gasteiger partial charge in [0.2, 0.25) is 5.91 Å². The molecule has 0 aromatic rings. The molecule has 1 saturated carbocycles. The first-order valence-electron chi connectivity index (χ1n) is 8.75. The normalized spacial score (nSPS) is 20.8. The zero-order valence-electron chi connectivity index (χ0n) is 15.5. The molecule has 174 valence electrons. The molecule has 0 atom stereocenters. The SMILES string of the molecule is COC(=O)C1(C(=O)N2CCC(COC(C(F)(F)F)(C(F)(F)F)C(F)(F)F)CC2)CC1. The van der Waals surface area contributed by atoms with Crippen LogP contribution >= 0.6 is 0 Å². The number of esters is 1. The van der Waals surface area contributed by atoms with Gasteiger partial charge in [-0.05, 0) is 31.6 Å². The first-order chi connectivity index (χ1) is 13.5. The summed E-state index contributed by atoms with van der Waals surface area (Å²) in [6, 6.07) is 0. The predicted molar refractivity (Wildman–Crippen MR) is 79.8 cm³/mol. The van der Waals surface area contributed by atoms with Crippen molar-refractivity contribution < 1.29 is 58.6 Å². The van der Waals surface area contributed by atoms with Crippen molar-refractivity contribution in [2.45, 2.75) is 49.8 Å². The van der Waals surface area contributed by atoms with Gasteiger partial charge in [0.15, 0.2) is 0 Å². The lowest BCUT2D eigenvalue weighted by Crippen LogP contribution is -2.68. The van der Waals surface area contributed by atoms with Gasteiger partial charge >= 0.3 is 30.1 Å². The van der Waals surface area contributed by atoms with Crippen molar-refractivity contribution in [1.29, 1.82) is 0 Å². The molecule has 1 amide bonds. The lowest BCUT2D eigenvalue weighted by Gasteiger charge is -2.40. The van der Waals surface area contributed by atoms with E-state index in [4.69, 9.17) is 0 Å². The third kappa shape index (κ3) is 4.06. The Morgan fingerprint density at radius 3 is 1.67 bits per heavy atom. The number of ether oxygens (including phenoxy) is 2. The van der Waals surface area contributed by atoms with Crippen molar-refractivity contribution in [3.63, 3.8) is 0 Å². The van der Waals surface area contributed by atoms with Gasteiger partial charge < -0.3 is 14.4 Å². The Kier molecular flexibility index (Phi) is 6.34. The summed E-state index contributed by atoms with van der Waals surface area (Å²) in [5.74, 6) is -2.40. The molecule has 2 aliphatic rings. The van der Waals surface area contributed by atoms with Gasteiger partial charge in [0.05, 0.1) is 13.7 Å². The predicted octanol–water partition coefficient (Wildman–Crippen LogP) is 3.62. The summed E-state index contributed by atoms with van der Waals surface area (Å²) in [5, 5.41) is 0. The maximum atomic E-state index is 12.9. The summed E-state index contributed by atoms with van der Waals surface area (Å²) in [7, 11) is 1.09. The summed E-state index contributed by atoms with van der Waals surface area (Å²) in [5.41, 5.74) is -7.64. The summed E-state index contributed by atoms with van der Waals surface area (Å²) in [6.45, 7) is -1.76. The number of rotatable bonds is 5. The molecular formula is C16H18F9NO4. The van der Waals surface area contributed by atoms with E-state index in [1.165, 1.54) is 4.90 Å². The third-order valence-corrected chi connectivity index (χ3v) is 5.37. The zero-order chi connectivity index (χ0) is 23.2. The van der Waals surface area contributed by atoms with Gasteiger partial charge in [-0.25, -0.2) is 0 Å². The Bertz CT molecular complexity index is 623. The Morgan fingerprint density at radius 2 is 1.33 bits per heavy atom. The van der Waals surface area contributed by atoms with Crippen LogP contribution < -0.4 is 0 Å². The molecule has 2 rings (SSSR count). The lowest BCUT2D eigenvalue weighted by atomic mass is 9.94. The number of hydrogen-bond donors (Lipinski definition) is 0. The largest absolute Gasteiger partial charge is 0.468 e. The summed E-state index contributed by atoms with van der Waals surface area (Å²) in [6.07, 6.45) is -20.2.